The van der Waals surface area contributed by atoms with Gasteiger partial charge in [-0.3, -0.25) is 14.4 Å². The fourth-order valence-electron chi connectivity index (χ4n) is 3.40. The molecule has 4 rings (SSSR count). The van der Waals surface area contributed by atoms with Gasteiger partial charge in [-0.2, -0.15) is 14.6 Å². The lowest BCUT2D eigenvalue weighted by Gasteiger charge is -2.11. The zero-order valence-corrected chi connectivity index (χ0v) is 20.7. The van der Waals surface area contributed by atoms with Gasteiger partial charge in [-0.1, -0.05) is 12.1 Å². The van der Waals surface area contributed by atoms with Crippen LogP contribution in [-0.2, 0) is 11.3 Å². The van der Waals surface area contributed by atoms with E-state index in [-0.39, 0.29) is 53.1 Å². The summed E-state index contributed by atoms with van der Waals surface area (Å²) in [4.78, 5) is 42.8. The summed E-state index contributed by atoms with van der Waals surface area (Å²) in [6.45, 7) is 5.51. The van der Waals surface area contributed by atoms with Gasteiger partial charge in [-0.15, -0.1) is 12.4 Å². The molecule has 1 aliphatic heterocycles. The van der Waals surface area contributed by atoms with Crippen molar-refractivity contribution in [3.05, 3.63) is 58.9 Å². The maximum Gasteiger partial charge on any atom is 0.270 e. The van der Waals surface area contributed by atoms with Crippen LogP contribution in [0.15, 0.2) is 30.6 Å². The summed E-state index contributed by atoms with van der Waals surface area (Å²) in [7, 11) is 0. The van der Waals surface area contributed by atoms with Crippen molar-refractivity contribution >= 4 is 46.8 Å². The third-order valence-electron chi connectivity index (χ3n) is 5.11. The monoisotopic (exact) mass is 525 g/mol. The fraction of sp³-hybridized carbons (Fsp3) is 0.364. The number of rotatable bonds is 6. The molecule has 10 nitrogen and oxygen atoms in total. The number of hydrogen-bond donors (Lipinski definition) is 3. The third kappa shape index (κ3) is 7.94. The number of halogens is 3. The minimum Gasteiger partial charge on any atom is -0.350 e. The van der Waals surface area contributed by atoms with E-state index in [2.05, 4.69) is 42.6 Å². The fourth-order valence-corrected chi connectivity index (χ4v) is 3.40. The Labute approximate surface area is 212 Å². The van der Waals surface area contributed by atoms with Crippen molar-refractivity contribution in [2.45, 2.75) is 26.8 Å². The lowest BCUT2D eigenvalue weighted by Crippen LogP contribution is -2.32. The zero-order chi connectivity index (χ0) is 24.7. The lowest BCUT2D eigenvalue weighted by molar-refractivity contribution is -0.109. The molecule has 0 aliphatic carbocycles. The molecule has 2 aromatic heterocycles. The molecule has 0 bridgehead atoms. The van der Waals surface area contributed by atoms with Crippen LogP contribution in [0.2, 0.25) is 0 Å². The van der Waals surface area contributed by atoms with Gasteiger partial charge in [0.15, 0.2) is 0 Å². The van der Waals surface area contributed by atoms with E-state index in [9.17, 15) is 18.8 Å². The van der Waals surface area contributed by atoms with Crippen LogP contribution in [0.5, 0.6) is 0 Å². The second-order valence-electron chi connectivity index (χ2n) is 7.80. The number of aryl methyl sites for hydroxylation is 1. The number of nitrogens with one attached hydrogen (secondary N) is 3. The number of benzene rings is 1. The molecule has 3 aromatic rings. The van der Waals surface area contributed by atoms with E-state index < -0.39 is 5.91 Å². The van der Waals surface area contributed by atoms with E-state index in [1.807, 2.05) is 0 Å². The average molecular weight is 526 g/mol. The molecule has 2 amide bonds. The standard InChI is InChI=1S/C20H22FN7O2.C2H3ClO.ClH/c1-12-6-13(2-3-15(12)21)9-23-18(29)16-7-17(28-20(27-16)25-11-26-28)19(30)24-10-14-4-5-22-8-14;1-2(3)4;/h2-3,6-7,11,14,22H,4-5,8-10H2,1H3,(H,23,29)(H,24,30);1H3;1H/t14-;;/m1../s1. The topological polar surface area (TPSA) is 130 Å². The van der Waals surface area contributed by atoms with E-state index in [4.69, 9.17) is 0 Å². The lowest BCUT2D eigenvalue weighted by atomic mass is 10.1. The summed E-state index contributed by atoms with van der Waals surface area (Å²) < 4.78 is 14.7. The molecule has 1 aromatic carbocycles. The number of carbonyl (C=O) groups is 3. The van der Waals surface area contributed by atoms with Crippen molar-refractivity contribution in [2.24, 2.45) is 5.92 Å². The van der Waals surface area contributed by atoms with Crippen molar-refractivity contribution in [3.63, 3.8) is 0 Å². The third-order valence-corrected chi connectivity index (χ3v) is 5.11. The van der Waals surface area contributed by atoms with Crippen molar-refractivity contribution < 1.29 is 18.8 Å². The number of hydrogen-bond acceptors (Lipinski definition) is 7. The van der Waals surface area contributed by atoms with E-state index in [1.165, 1.54) is 29.9 Å². The molecule has 35 heavy (non-hydrogen) atoms. The largest absolute Gasteiger partial charge is 0.350 e. The second kappa shape index (κ2) is 13.1. The van der Waals surface area contributed by atoms with Crippen molar-refractivity contribution in [3.8, 4) is 0 Å². The van der Waals surface area contributed by atoms with Gasteiger partial charge in [0.1, 0.15) is 23.5 Å². The SMILES string of the molecule is CC(=O)Cl.Cc1cc(CNC(=O)c2cc(C(=O)NC[C@@H]3CCNC3)n3ncnc3n2)ccc1F.Cl. The average Bonchev–Trinajstić information content (AvgIpc) is 3.49. The summed E-state index contributed by atoms with van der Waals surface area (Å²) in [5.74, 6) is -0.565. The number of nitrogens with zero attached hydrogens (tertiary/aromatic N) is 4. The Morgan fingerprint density at radius 2 is 1.97 bits per heavy atom. The first-order chi connectivity index (χ1) is 16.2. The smallest absolute Gasteiger partial charge is 0.270 e. The van der Waals surface area contributed by atoms with Crippen LogP contribution in [0, 0.1) is 18.7 Å². The first-order valence-electron chi connectivity index (χ1n) is 10.6. The number of fused-ring (bicyclic) bond motifs is 1. The van der Waals surface area contributed by atoms with Crippen LogP contribution in [-0.4, -0.2) is 56.3 Å². The van der Waals surface area contributed by atoms with Gasteiger partial charge in [0.05, 0.1) is 0 Å². The van der Waals surface area contributed by atoms with Gasteiger partial charge in [0, 0.05) is 26.1 Å². The molecular formula is C22H26Cl2FN7O3. The Bertz CT molecular complexity index is 1200. The van der Waals surface area contributed by atoms with E-state index in [0.29, 0.717) is 18.0 Å². The summed E-state index contributed by atoms with van der Waals surface area (Å²) in [6.07, 6.45) is 2.29. The molecule has 13 heteroatoms. The molecule has 0 spiro atoms. The van der Waals surface area contributed by atoms with Crippen molar-refractivity contribution in [1.29, 1.82) is 0 Å². The number of carbonyl (C=O) groups excluding carboxylic acids is 3. The van der Waals surface area contributed by atoms with Gasteiger partial charge < -0.3 is 16.0 Å². The van der Waals surface area contributed by atoms with Gasteiger partial charge >= 0.3 is 0 Å². The minimum absolute atomic E-state index is 0. The van der Waals surface area contributed by atoms with Crippen LogP contribution < -0.4 is 16.0 Å². The Balaban J connectivity index is 0.000000804. The molecule has 188 valence electrons. The molecule has 0 radical (unpaired) electrons. The molecule has 1 atom stereocenters. The Hall–Kier alpha value is -3.15. The highest BCUT2D eigenvalue weighted by atomic mass is 35.5. The first kappa shape index (κ1) is 28.1. The minimum atomic E-state index is -0.462. The molecule has 3 N–H and O–H groups in total. The van der Waals surface area contributed by atoms with Gasteiger partial charge in [0.25, 0.3) is 17.6 Å². The molecule has 0 saturated carbocycles. The predicted octanol–water partition coefficient (Wildman–Crippen LogP) is 2.03. The zero-order valence-electron chi connectivity index (χ0n) is 19.2. The molecule has 0 unspecified atom stereocenters. The van der Waals surface area contributed by atoms with Crippen LogP contribution in [0.1, 0.15) is 45.4 Å². The summed E-state index contributed by atoms with van der Waals surface area (Å²) in [5, 5.41) is 12.6. The summed E-state index contributed by atoms with van der Waals surface area (Å²) in [6, 6.07) is 6.03. The van der Waals surface area contributed by atoms with E-state index in [0.717, 1.165) is 25.1 Å². The molecule has 1 fully saturated rings. The van der Waals surface area contributed by atoms with Crippen molar-refractivity contribution in [1.82, 2.24) is 35.5 Å². The number of amides is 2. The Kier molecular flexibility index (Phi) is 10.5. The molecular weight excluding hydrogens is 500 g/mol. The van der Waals surface area contributed by atoms with Gasteiger partial charge in [-0.25, -0.2) is 9.37 Å². The highest BCUT2D eigenvalue weighted by Gasteiger charge is 2.20. The highest BCUT2D eigenvalue weighted by molar-refractivity contribution is 6.62. The quantitative estimate of drug-likeness (QED) is 0.419. The summed E-state index contributed by atoms with van der Waals surface area (Å²) in [5.41, 5.74) is 1.50. The molecule has 1 aliphatic rings. The highest BCUT2D eigenvalue weighted by Crippen LogP contribution is 2.11. The first-order valence-corrected chi connectivity index (χ1v) is 11.0. The van der Waals surface area contributed by atoms with E-state index >= 15 is 0 Å². The number of aromatic nitrogens is 4. The van der Waals surface area contributed by atoms with Gasteiger partial charge in [0.2, 0.25) is 5.24 Å². The van der Waals surface area contributed by atoms with Crippen LogP contribution in [0.25, 0.3) is 5.78 Å². The Morgan fingerprint density at radius 3 is 2.63 bits per heavy atom. The normalized spacial score (nSPS) is 14.5. The molecule has 3 heterocycles. The maximum absolute atomic E-state index is 13.4. The van der Waals surface area contributed by atoms with Crippen molar-refractivity contribution in [2.75, 3.05) is 19.6 Å². The molecule has 1 saturated heterocycles. The predicted molar refractivity (Wildman–Crippen MR) is 130 cm³/mol. The van der Waals surface area contributed by atoms with Crippen LogP contribution in [0.4, 0.5) is 4.39 Å². The van der Waals surface area contributed by atoms with Gasteiger partial charge in [-0.05, 0) is 61.1 Å². The van der Waals surface area contributed by atoms with Crippen LogP contribution in [0.3, 0.4) is 0 Å². The maximum atomic E-state index is 13.4. The van der Waals surface area contributed by atoms with Crippen LogP contribution >= 0.6 is 24.0 Å². The van der Waals surface area contributed by atoms with E-state index in [1.54, 1.807) is 19.1 Å². The summed E-state index contributed by atoms with van der Waals surface area (Å²) >= 11 is 4.64. The second-order valence-corrected chi connectivity index (χ2v) is 8.34. The Morgan fingerprint density at radius 1 is 1.23 bits per heavy atom.